The molecule has 1 saturated heterocycles. The lowest BCUT2D eigenvalue weighted by Crippen LogP contribution is -2.49. The topological polar surface area (TPSA) is 46.3 Å². The molecule has 1 rings (SSSR count). The SMILES string of the molecule is CC(N)CC(=O)N1CC(C)CC(C)C1C. The van der Waals surface area contributed by atoms with E-state index in [1.165, 1.54) is 6.42 Å². The second-order valence-electron chi connectivity index (χ2n) is 5.29. The van der Waals surface area contributed by atoms with Crippen molar-refractivity contribution in [2.24, 2.45) is 17.6 Å². The molecule has 3 nitrogen and oxygen atoms in total. The van der Waals surface area contributed by atoms with Crippen LogP contribution in [-0.4, -0.2) is 29.4 Å². The minimum atomic E-state index is -0.0303. The summed E-state index contributed by atoms with van der Waals surface area (Å²) >= 11 is 0. The Kier molecular flexibility index (Phi) is 4.14. The predicted molar refractivity (Wildman–Crippen MR) is 62.4 cm³/mol. The number of hydrogen-bond donors (Lipinski definition) is 1. The van der Waals surface area contributed by atoms with E-state index in [0.717, 1.165) is 6.54 Å². The summed E-state index contributed by atoms with van der Waals surface area (Å²) in [6.45, 7) is 9.38. The second-order valence-corrected chi connectivity index (χ2v) is 5.29. The van der Waals surface area contributed by atoms with E-state index in [-0.39, 0.29) is 11.9 Å². The first-order valence-corrected chi connectivity index (χ1v) is 5.96. The molecule has 1 fully saturated rings. The maximum absolute atomic E-state index is 12.0. The lowest BCUT2D eigenvalue weighted by Gasteiger charge is -2.41. The third kappa shape index (κ3) is 3.20. The fraction of sp³-hybridized carbons (Fsp3) is 0.917. The molecule has 0 aromatic heterocycles. The van der Waals surface area contributed by atoms with Crippen LogP contribution in [0.4, 0.5) is 0 Å². The van der Waals surface area contributed by atoms with E-state index in [9.17, 15) is 4.79 Å². The van der Waals surface area contributed by atoms with Gasteiger partial charge in [-0.3, -0.25) is 4.79 Å². The summed E-state index contributed by atoms with van der Waals surface area (Å²) in [5.41, 5.74) is 5.67. The smallest absolute Gasteiger partial charge is 0.224 e. The van der Waals surface area contributed by atoms with E-state index in [1.807, 2.05) is 11.8 Å². The van der Waals surface area contributed by atoms with Gasteiger partial charge in [-0.05, 0) is 32.1 Å². The van der Waals surface area contributed by atoms with Crippen molar-refractivity contribution in [1.29, 1.82) is 0 Å². The standard InChI is InChI=1S/C12H24N2O/c1-8-5-9(2)11(4)14(7-8)12(15)6-10(3)13/h8-11H,5-7,13H2,1-4H3. The minimum Gasteiger partial charge on any atom is -0.339 e. The van der Waals surface area contributed by atoms with Crippen LogP contribution in [0.3, 0.4) is 0 Å². The summed E-state index contributed by atoms with van der Waals surface area (Å²) in [7, 11) is 0. The van der Waals surface area contributed by atoms with E-state index >= 15 is 0 Å². The molecule has 4 atom stereocenters. The number of hydrogen-bond acceptors (Lipinski definition) is 2. The Labute approximate surface area is 93.0 Å². The Morgan fingerprint density at radius 3 is 2.60 bits per heavy atom. The molecule has 1 aliphatic rings. The summed E-state index contributed by atoms with van der Waals surface area (Å²) in [6.07, 6.45) is 1.70. The van der Waals surface area contributed by atoms with Crippen molar-refractivity contribution < 1.29 is 4.79 Å². The molecule has 1 aliphatic heterocycles. The lowest BCUT2D eigenvalue weighted by atomic mass is 9.85. The van der Waals surface area contributed by atoms with Crippen LogP contribution in [0.2, 0.25) is 0 Å². The van der Waals surface area contributed by atoms with Gasteiger partial charge in [0.1, 0.15) is 0 Å². The van der Waals surface area contributed by atoms with Gasteiger partial charge in [-0.25, -0.2) is 0 Å². The summed E-state index contributed by atoms with van der Waals surface area (Å²) < 4.78 is 0. The Hall–Kier alpha value is -0.570. The van der Waals surface area contributed by atoms with Crippen LogP contribution in [0.15, 0.2) is 0 Å². The van der Waals surface area contributed by atoms with Crippen LogP contribution >= 0.6 is 0 Å². The summed E-state index contributed by atoms with van der Waals surface area (Å²) in [4.78, 5) is 14.0. The molecule has 0 aromatic carbocycles. The highest BCUT2D eigenvalue weighted by molar-refractivity contribution is 5.77. The van der Waals surface area contributed by atoms with Gasteiger partial charge in [0.05, 0.1) is 0 Å². The van der Waals surface area contributed by atoms with Gasteiger partial charge in [-0.1, -0.05) is 13.8 Å². The molecule has 0 bridgehead atoms. The quantitative estimate of drug-likeness (QED) is 0.756. The highest BCUT2D eigenvalue weighted by Crippen LogP contribution is 2.27. The van der Waals surface area contributed by atoms with E-state index in [1.54, 1.807) is 0 Å². The molecule has 88 valence electrons. The zero-order valence-corrected chi connectivity index (χ0v) is 10.4. The van der Waals surface area contributed by atoms with Crippen molar-refractivity contribution in [3.63, 3.8) is 0 Å². The highest BCUT2D eigenvalue weighted by atomic mass is 16.2. The van der Waals surface area contributed by atoms with Crippen LogP contribution in [0.25, 0.3) is 0 Å². The van der Waals surface area contributed by atoms with Crippen molar-refractivity contribution >= 4 is 5.91 Å². The van der Waals surface area contributed by atoms with E-state index in [0.29, 0.717) is 24.3 Å². The zero-order chi connectivity index (χ0) is 11.6. The number of nitrogens with zero attached hydrogens (tertiary/aromatic N) is 1. The number of nitrogens with two attached hydrogens (primary N) is 1. The van der Waals surface area contributed by atoms with Crippen molar-refractivity contribution in [1.82, 2.24) is 4.90 Å². The van der Waals surface area contributed by atoms with Crippen LogP contribution in [0.5, 0.6) is 0 Å². The third-order valence-corrected chi connectivity index (χ3v) is 3.41. The average molecular weight is 212 g/mol. The number of likely N-dealkylation sites (tertiary alicyclic amines) is 1. The molecule has 1 amide bonds. The second kappa shape index (κ2) is 4.97. The predicted octanol–water partition coefficient (Wildman–Crippen LogP) is 1.62. The first-order valence-electron chi connectivity index (χ1n) is 5.96. The first-order chi connectivity index (χ1) is 6.91. The van der Waals surface area contributed by atoms with Crippen LogP contribution in [-0.2, 0) is 4.79 Å². The van der Waals surface area contributed by atoms with E-state index < -0.39 is 0 Å². The maximum atomic E-state index is 12.0. The number of carbonyl (C=O) groups is 1. The Bertz CT molecular complexity index is 228. The molecular formula is C12H24N2O. The first kappa shape index (κ1) is 12.5. The Morgan fingerprint density at radius 1 is 1.47 bits per heavy atom. The molecule has 2 N–H and O–H groups in total. The summed E-state index contributed by atoms with van der Waals surface area (Å²) in [6, 6.07) is 0.338. The van der Waals surface area contributed by atoms with Gasteiger partial charge in [0.15, 0.2) is 0 Å². The number of piperidine rings is 1. The highest BCUT2D eigenvalue weighted by Gasteiger charge is 2.31. The summed E-state index contributed by atoms with van der Waals surface area (Å²) in [5.74, 6) is 1.44. The molecular weight excluding hydrogens is 188 g/mol. The van der Waals surface area contributed by atoms with Gasteiger partial charge < -0.3 is 10.6 Å². The normalized spacial score (nSPS) is 33.9. The third-order valence-electron chi connectivity index (χ3n) is 3.41. The van der Waals surface area contributed by atoms with Gasteiger partial charge in [-0.2, -0.15) is 0 Å². The minimum absolute atomic E-state index is 0.0303. The molecule has 0 aromatic rings. The Morgan fingerprint density at radius 2 is 2.07 bits per heavy atom. The van der Waals surface area contributed by atoms with Gasteiger partial charge in [-0.15, -0.1) is 0 Å². The van der Waals surface area contributed by atoms with Gasteiger partial charge in [0, 0.05) is 25.0 Å². The van der Waals surface area contributed by atoms with Crippen molar-refractivity contribution in [2.75, 3.05) is 6.54 Å². The van der Waals surface area contributed by atoms with Crippen molar-refractivity contribution in [2.45, 2.75) is 52.6 Å². The van der Waals surface area contributed by atoms with Gasteiger partial charge in [0.25, 0.3) is 0 Å². The van der Waals surface area contributed by atoms with Crippen molar-refractivity contribution in [3.05, 3.63) is 0 Å². The fourth-order valence-corrected chi connectivity index (χ4v) is 2.44. The van der Waals surface area contributed by atoms with Gasteiger partial charge in [0.2, 0.25) is 5.91 Å². The molecule has 15 heavy (non-hydrogen) atoms. The van der Waals surface area contributed by atoms with Crippen LogP contribution in [0.1, 0.15) is 40.5 Å². The fourth-order valence-electron chi connectivity index (χ4n) is 2.44. The monoisotopic (exact) mass is 212 g/mol. The van der Waals surface area contributed by atoms with Crippen LogP contribution in [0, 0.1) is 11.8 Å². The largest absolute Gasteiger partial charge is 0.339 e. The lowest BCUT2D eigenvalue weighted by molar-refractivity contribution is -0.137. The molecule has 0 saturated carbocycles. The number of amides is 1. The molecule has 0 aliphatic carbocycles. The van der Waals surface area contributed by atoms with E-state index in [2.05, 4.69) is 20.8 Å². The Balaban J connectivity index is 2.62. The molecule has 1 heterocycles. The average Bonchev–Trinajstić information content (AvgIpc) is 2.09. The maximum Gasteiger partial charge on any atom is 0.224 e. The molecule has 3 heteroatoms. The summed E-state index contributed by atoms with van der Waals surface area (Å²) in [5, 5.41) is 0. The number of carbonyl (C=O) groups excluding carboxylic acids is 1. The van der Waals surface area contributed by atoms with Gasteiger partial charge >= 0.3 is 0 Å². The van der Waals surface area contributed by atoms with Crippen LogP contribution < -0.4 is 5.73 Å². The molecule has 4 unspecified atom stereocenters. The molecule has 0 spiro atoms. The zero-order valence-electron chi connectivity index (χ0n) is 10.4. The number of rotatable bonds is 2. The molecule has 0 radical (unpaired) electrons. The van der Waals surface area contributed by atoms with E-state index in [4.69, 9.17) is 5.73 Å². The van der Waals surface area contributed by atoms with Crippen molar-refractivity contribution in [3.8, 4) is 0 Å².